The van der Waals surface area contributed by atoms with E-state index in [4.69, 9.17) is 10.5 Å². The molecular formula is C24H21N3O6. The van der Waals surface area contributed by atoms with E-state index in [-0.39, 0.29) is 18.0 Å². The Bertz CT molecular complexity index is 1170. The van der Waals surface area contributed by atoms with Gasteiger partial charge in [0.1, 0.15) is 18.0 Å². The fourth-order valence-electron chi connectivity index (χ4n) is 2.77. The van der Waals surface area contributed by atoms with E-state index in [1.165, 1.54) is 13.2 Å². The van der Waals surface area contributed by atoms with Crippen molar-refractivity contribution in [3.8, 4) is 11.5 Å². The molecule has 3 aromatic rings. The molecule has 3 amide bonds. The van der Waals surface area contributed by atoms with Crippen molar-refractivity contribution in [3.63, 3.8) is 0 Å². The number of nitrogens with two attached hydrogens (primary N) is 1. The number of amides is 3. The Balaban J connectivity index is 1.61. The predicted molar refractivity (Wildman–Crippen MR) is 120 cm³/mol. The molecule has 0 bridgehead atoms. The zero-order chi connectivity index (χ0) is 23.8. The number of anilines is 1. The Morgan fingerprint density at radius 2 is 1.39 bits per heavy atom. The van der Waals surface area contributed by atoms with Crippen LogP contribution in [0.25, 0.3) is 0 Å². The average Bonchev–Trinajstić information content (AvgIpc) is 2.83. The van der Waals surface area contributed by atoms with Crippen LogP contribution in [0.15, 0.2) is 72.8 Å². The van der Waals surface area contributed by atoms with Crippen LogP contribution >= 0.6 is 0 Å². The third-order valence-electron chi connectivity index (χ3n) is 4.49. The molecule has 0 aliphatic heterocycles. The van der Waals surface area contributed by atoms with E-state index in [1.54, 1.807) is 66.7 Å². The lowest BCUT2D eigenvalue weighted by atomic mass is 10.1. The minimum Gasteiger partial charge on any atom is -0.468 e. The first-order chi connectivity index (χ1) is 15.9. The second kappa shape index (κ2) is 10.6. The Morgan fingerprint density at radius 3 is 1.97 bits per heavy atom. The van der Waals surface area contributed by atoms with Crippen LogP contribution in [-0.4, -0.2) is 37.3 Å². The number of carbonyl (C=O) groups is 4. The van der Waals surface area contributed by atoms with E-state index in [0.29, 0.717) is 28.3 Å². The van der Waals surface area contributed by atoms with Crippen LogP contribution in [0.5, 0.6) is 11.5 Å². The van der Waals surface area contributed by atoms with Gasteiger partial charge in [-0.15, -0.1) is 0 Å². The molecule has 0 spiro atoms. The molecule has 0 aliphatic carbocycles. The minimum absolute atomic E-state index is 0.254. The van der Waals surface area contributed by atoms with Gasteiger partial charge in [0.15, 0.2) is 0 Å². The van der Waals surface area contributed by atoms with Gasteiger partial charge in [0.25, 0.3) is 11.8 Å². The molecule has 4 N–H and O–H groups in total. The van der Waals surface area contributed by atoms with Crippen LogP contribution in [-0.2, 0) is 9.53 Å². The lowest BCUT2D eigenvalue weighted by molar-refractivity contribution is -0.139. The van der Waals surface area contributed by atoms with Gasteiger partial charge in [-0.05, 0) is 66.7 Å². The smallest absolute Gasteiger partial charge is 0.325 e. The molecule has 3 aromatic carbocycles. The number of rotatable bonds is 8. The van der Waals surface area contributed by atoms with Crippen LogP contribution in [0.1, 0.15) is 31.1 Å². The van der Waals surface area contributed by atoms with Crippen molar-refractivity contribution in [1.82, 2.24) is 5.32 Å². The molecule has 33 heavy (non-hydrogen) atoms. The van der Waals surface area contributed by atoms with Crippen molar-refractivity contribution in [2.75, 3.05) is 19.0 Å². The molecule has 168 valence electrons. The van der Waals surface area contributed by atoms with Gasteiger partial charge in [-0.3, -0.25) is 19.2 Å². The van der Waals surface area contributed by atoms with E-state index >= 15 is 0 Å². The summed E-state index contributed by atoms with van der Waals surface area (Å²) in [4.78, 5) is 47.0. The minimum atomic E-state index is -0.567. The van der Waals surface area contributed by atoms with Crippen molar-refractivity contribution in [3.05, 3.63) is 89.5 Å². The summed E-state index contributed by atoms with van der Waals surface area (Å²) in [5.74, 6) is -0.921. The standard InChI is InChI=1S/C24H21N3O6/c1-32-21(28)14-26-23(30)17-3-2-4-18(13-17)27-24(31)16-7-11-20(12-8-16)33-19-9-5-15(6-10-19)22(25)29/h2-13H,14H2,1H3,(H2,25,29)(H,26,30)(H,27,31). The maximum absolute atomic E-state index is 12.6. The number of nitrogens with one attached hydrogen (secondary N) is 2. The summed E-state index contributed by atoms with van der Waals surface area (Å²) in [5.41, 5.74) is 6.67. The van der Waals surface area contributed by atoms with Gasteiger partial charge in [-0.2, -0.15) is 0 Å². The normalized spacial score (nSPS) is 10.1. The van der Waals surface area contributed by atoms with Gasteiger partial charge in [-0.1, -0.05) is 6.07 Å². The first-order valence-corrected chi connectivity index (χ1v) is 9.80. The van der Waals surface area contributed by atoms with Crippen molar-refractivity contribution < 1.29 is 28.7 Å². The van der Waals surface area contributed by atoms with E-state index in [0.717, 1.165) is 0 Å². The quantitative estimate of drug-likeness (QED) is 0.454. The number of benzene rings is 3. The number of ether oxygens (including phenoxy) is 2. The van der Waals surface area contributed by atoms with Crippen LogP contribution < -0.4 is 21.1 Å². The second-order valence-corrected chi connectivity index (χ2v) is 6.81. The second-order valence-electron chi connectivity index (χ2n) is 6.81. The molecule has 0 unspecified atom stereocenters. The van der Waals surface area contributed by atoms with E-state index in [1.807, 2.05) is 0 Å². The maximum Gasteiger partial charge on any atom is 0.325 e. The molecule has 0 aromatic heterocycles. The first kappa shape index (κ1) is 23.0. The fraction of sp³-hybridized carbons (Fsp3) is 0.0833. The Morgan fingerprint density at radius 1 is 0.788 bits per heavy atom. The van der Waals surface area contributed by atoms with E-state index in [9.17, 15) is 19.2 Å². The van der Waals surface area contributed by atoms with Gasteiger partial charge in [0.05, 0.1) is 7.11 Å². The summed E-state index contributed by atoms with van der Waals surface area (Å²) >= 11 is 0. The van der Waals surface area contributed by atoms with Crippen LogP contribution in [0, 0.1) is 0 Å². The molecule has 9 heteroatoms. The number of primary amides is 1. The number of methoxy groups -OCH3 is 1. The molecule has 0 fully saturated rings. The summed E-state index contributed by atoms with van der Waals surface area (Å²) in [7, 11) is 1.23. The first-order valence-electron chi connectivity index (χ1n) is 9.80. The highest BCUT2D eigenvalue weighted by molar-refractivity contribution is 6.05. The summed E-state index contributed by atoms with van der Waals surface area (Å²) in [6, 6.07) is 19.1. The van der Waals surface area contributed by atoms with Crippen LogP contribution in [0.3, 0.4) is 0 Å². The van der Waals surface area contributed by atoms with E-state index < -0.39 is 17.8 Å². The Hall–Kier alpha value is -4.66. The van der Waals surface area contributed by atoms with Crippen LogP contribution in [0.4, 0.5) is 5.69 Å². The monoisotopic (exact) mass is 447 g/mol. The SMILES string of the molecule is COC(=O)CNC(=O)c1cccc(NC(=O)c2ccc(Oc3ccc(C(N)=O)cc3)cc2)c1. The predicted octanol–water partition coefficient (Wildman–Crippen LogP) is 2.73. The van der Waals surface area contributed by atoms with Gasteiger partial charge >= 0.3 is 5.97 Å². The lowest BCUT2D eigenvalue weighted by Crippen LogP contribution is -2.30. The Kier molecular flexibility index (Phi) is 7.38. The van der Waals surface area contributed by atoms with Crippen molar-refractivity contribution >= 4 is 29.4 Å². The summed E-state index contributed by atoms with van der Waals surface area (Å²) < 4.78 is 10.2. The Labute approximate surface area is 189 Å². The molecule has 0 radical (unpaired) electrons. The zero-order valence-electron chi connectivity index (χ0n) is 17.7. The van der Waals surface area contributed by atoms with Crippen molar-refractivity contribution in [2.45, 2.75) is 0 Å². The van der Waals surface area contributed by atoms with Gasteiger partial charge in [0.2, 0.25) is 5.91 Å². The molecule has 0 heterocycles. The summed E-state index contributed by atoms with van der Waals surface area (Å²) in [6.07, 6.45) is 0. The third-order valence-corrected chi connectivity index (χ3v) is 4.49. The highest BCUT2D eigenvalue weighted by Gasteiger charge is 2.11. The third kappa shape index (κ3) is 6.41. The highest BCUT2D eigenvalue weighted by Crippen LogP contribution is 2.22. The largest absolute Gasteiger partial charge is 0.468 e. The van der Waals surface area contributed by atoms with Crippen molar-refractivity contribution in [1.29, 1.82) is 0 Å². The maximum atomic E-state index is 12.6. The van der Waals surface area contributed by atoms with Gasteiger partial charge in [-0.25, -0.2) is 0 Å². The molecule has 3 rings (SSSR count). The lowest BCUT2D eigenvalue weighted by Gasteiger charge is -2.09. The highest BCUT2D eigenvalue weighted by atomic mass is 16.5. The molecule has 9 nitrogen and oxygen atoms in total. The molecule has 0 saturated heterocycles. The van der Waals surface area contributed by atoms with E-state index in [2.05, 4.69) is 15.4 Å². The number of hydrogen-bond acceptors (Lipinski definition) is 6. The van der Waals surface area contributed by atoms with Gasteiger partial charge < -0.3 is 25.8 Å². The fourth-order valence-corrected chi connectivity index (χ4v) is 2.77. The molecular weight excluding hydrogens is 426 g/mol. The zero-order valence-corrected chi connectivity index (χ0v) is 17.7. The van der Waals surface area contributed by atoms with Gasteiger partial charge in [0, 0.05) is 22.4 Å². The number of carbonyl (C=O) groups excluding carboxylic acids is 4. The van der Waals surface area contributed by atoms with Crippen molar-refractivity contribution in [2.24, 2.45) is 5.73 Å². The topological polar surface area (TPSA) is 137 Å². The number of esters is 1. The molecule has 0 atom stereocenters. The van der Waals surface area contributed by atoms with Crippen LogP contribution in [0.2, 0.25) is 0 Å². The summed E-state index contributed by atoms with van der Waals surface area (Å²) in [6.45, 7) is -0.254. The summed E-state index contributed by atoms with van der Waals surface area (Å²) in [5, 5.41) is 5.15. The molecule has 0 saturated carbocycles. The average molecular weight is 447 g/mol. The molecule has 0 aliphatic rings. The number of hydrogen-bond donors (Lipinski definition) is 3.